The minimum absolute atomic E-state index is 0.0117. The van der Waals surface area contributed by atoms with Crippen LogP contribution in [0, 0.1) is 0 Å². The van der Waals surface area contributed by atoms with E-state index >= 15 is 0 Å². The summed E-state index contributed by atoms with van der Waals surface area (Å²) in [6, 6.07) is 4.78. The van der Waals surface area contributed by atoms with E-state index in [0.29, 0.717) is 9.92 Å². The van der Waals surface area contributed by atoms with Gasteiger partial charge in [-0.15, -0.1) is 12.6 Å². The number of nitrogens with one attached hydrogen (secondary N) is 1. The van der Waals surface area contributed by atoms with Crippen molar-refractivity contribution in [2.75, 3.05) is 12.8 Å². The number of halogens is 1. The van der Waals surface area contributed by atoms with Crippen LogP contribution in [0.2, 0.25) is 5.02 Å². The first kappa shape index (κ1) is 16.3. The van der Waals surface area contributed by atoms with Crippen LogP contribution < -0.4 is 5.32 Å². The summed E-state index contributed by atoms with van der Waals surface area (Å²) in [6.07, 6.45) is 1.14. The highest BCUT2D eigenvalue weighted by Gasteiger charge is 2.30. The predicted octanol–water partition coefficient (Wildman–Crippen LogP) is 2.18. The van der Waals surface area contributed by atoms with Gasteiger partial charge in [0.15, 0.2) is 9.84 Å². The summed E-state index contributed by atoms with van der Waals surface area (Å²) in [5, 5.41) is 2.88. The second kappa shape index (κ2) is 5.73. The Hall–Kier alpha value is -0.720. The van der Waals surface area contributed by atoms with Crippen molar-refractivity contribution in [3.8, 4) is 0 Å². The molecule has 1 aromatic rings. The third kappa shape index (κ3) is 4.12. The maximum Gasteiger partial charge on any atom is 0.252 e. The lowest BCUT2D eigenvalue weighted by Crippen LogP contribution is -2.43. The van der Waals surface area contributed by atoms with Crippen LogP contribution in [0.4, 0.5) is 0 Å². The summed E-state index contributed by atoms with van der Waals surface area (Å²) in [4.78, 5) is 12.6. The average Bonchev–Trinajstić information content (AvgIpc) is 2.28. The highest BCUT2D eigenvalue weighted by Crippen LogP contribution is 2.20. The quantitative estimate of drug-likeness (QED) is 0.836. The molecule has 0 radical (unpaired) electrons. The number of hydrogen-bond acceptors (Lipinski definition) is 4. The lowest BCUT2D eigenvalue weighted by molar-refractivity contribution is 0.0950. The SMILES string of the molecule is CC(C)(CNC(=O)c1cc(S)ccc1Cl)S(C)(=O)=O. The van der Waals surface area contributed by atoms with Gasteiger partial charge in [-0.1, -0.05) is 11.6 Å². The van der Waals surface area contributed by atoms with Crippen LogP contribution in [-0.2, 0) is 9.84 Å². The Balaban J connectivity index is 2.85. The predicted molar refractivity (Wildman–Crippen MR) is 80.0 cm³/mol. The molecule has 1 amide bonds. The smallest absolute Gasteiger partial charge is 0.252 e. The first-order valence-corrected chi connectivity index (χ1v) is 8.22. The summed E-state index contributed by atoms with van der Waals surface area (Å²) in [5.74, 6) is -0.419. The van der Waals surface area contributed by atoms with E-state index in [-0.39, 0.29) is 12.1 Å². The van der Waals surface area contributed by atoms with Gasteiger partial charge >= 0.3 is 0 Å². The molecule has 0 atom stereocenters. The molecular formula is C12H16ClNO3S2. The normalized spacial score (nSPS) is 12.3. The Morgan fingerprint density at radius 1 is 1.42 bits per heavy atom. The molecular weight excluding hydrogens is 306 g/mol. The Morgan fingerprint density at radius 2 is 2.00 bits per heavy atom. The fraction of sp³-hybridized carbons (Fsp3) is 0.417. The first-order valence-electron chi connectivity index (χ1n) is 5.51. The minimum Gasteiger partial charge on any atom is -0.350 e. The van der Waals surface area contributed by atoms with Crippen molar-refractivity contribution >= 4 is 40.0 Å². The van der Waals surface area contributed by atoms with Crippen molar-refractivity contribution in [2.24, 2.45) is 0 Å². The molecule has 0 heterocycles. The number of carbonyl (C=O) groups excluding carboxylic acids is 1. The van der Waals surface area contributed by atoms with Crippen LogP contribution in [0.15, 0.2) is 23.1 Å². The average molecular weight is 322 g/mol. The molecule has 1 N–H and O–H groups in total. The lowest BCUT2D eigenvalue weighted by atomic mass is 10.1. The molecule has 0 aliphatic carbocycles. The molecule has 0 saturated heterocycles. The Kier molecular flexibility index (Phi) is 4.92. The van der Waals surface area contributed by atoms with E-state index in [4.69, 9.17) is 11.6 Å². The van der Waals surface area contributed by atoms with Crippen LogP contribution in [0.5, 0.6) is 0 Å². The lowest BCUT2D eigenvalue weighted by Gasteiger charge is -2.22. The number of thiol groups is 1. The molecule has 0 aliphatic heterocycles. The molecule has 4 nitrogen and oxygen atoms in total. The van der Waals surface area contributed by atoms with E-state index in [1.165, 1.54) is 6.07 Å². The molecule has 0 fully saturated rings. The van der Waals surface area contributed by atoms with Gasteiger partial charge in [0.2, 0.25) is 0 Å². The first-order chi connectivity index (χ1) is 8.54. The van der Waals surface area contributed by atoms with Crippen LogP contribution >= 0.6 is 24.2 Å². The summed E-state index contributed by atoms with van der Waals surface area (Å²) in [7, 11) is -3.26. The Morgan fingerprint density at radius 3 is 2.53 bits per heavy atom. The number of amides is 1. The van der Waals surface area contributed by atoms with Gasteiger partial charge in [-0.25, -0.2) is 8.42 Å². The Labute approximate surface area is 123 Å². The third-order valence-electron chi connectivity index (χ3n) is 2.87. The van der Waals surface area contributed by atoms with Crippen molar-refractivity contribution < 1.29 is 13.2 Å². The molecule has 0 aliphatic rings. The number of sulfone groups is 1. The van der Waals surface area contributed by atoms with Crippen molar-refractivity contribution in [2.45, 2.75) is 23.5 Å². The summed E-state index contributed by atoms with van der Waals surface area (Å²) < 4.78 is 22.0. The molecule has 0 bridgehead atoms. The van der Waals surface area contributed by atoms with Gasteiger partial charge in [-0.05, 0) is 32.0 Å². The molecule has 0 saturated carbocycles. The molecule has 0 aromatic heterocycles. The van der Waals surface area contributed by atoms with Gasteiger partial charge in [0.05, 0.1) is 15.3 Å². The number of hydrogen-bond donors (Lipinski definition) is 2. The molecule has 0 unspecified atom stereocenters. The van der Waals surface area contributed by atoms with Crippen molar-refractivity contribution in [3.63, 3.8) is 0 Å². The second-order valence-electron chi connectivity index (χ2n) is 4.88. The number of carbonyl (C=O) groups is 1. The third-order valence-corrected chi connectivity index (χ3v) is 5.63. The van der Waals surface area contributed by atoms with Crippen LogP contribution in [0.25, 0.3) is 0 Å². The standard InChI is InChI=1S/C12H16ClNO3S2/c1-12(2,19(3,16)17)7-14-11(15)9-6-8(18)4-5-10(9)13/h4-6,18H,7H2,1-3H3,(H,14,15). The van der Waals surface area contributed by atoms with E-state index in [2.05, 4.69) is 17.9 Å². The van der Waals surface area contributed by atoms with E-state index in [9.17, 15) is 13.2 Å². The fourth-order valence-electron chi connectivity index (χ4n) is 1.21. The van der Waals surface area contributed by atoms with Crippen molar-refractivity contribution in [3.05, 3.63) is 28.8 Å². The highest BCUT2D eigenvalue weighted by atomic mass is 35.5. The van der Waals surface area contributed by atoms with Crippen molar-refractivity contribution in [1.82, 2.24) is 5.32 Å². The Bertz CT molecular complexity index is 597. The van der Waals surface area contributed by atoms with Gasteiger partial charge in [-0.3, -0.25) is 4.79 Å². The molecule has 7 heteroatoms. The largest absolute Gasteiger partial charge is 0.350 e. The molecule has 106 valence electrons. The summed E-state index contributed by atoms with van der Waals surface area (Å²) in [6.45, 7) is 3.12. The van der Waals surface area contributed by atoms with Gasteiger partial charge in [0.1, 0.15) is 0 Å². The zero-order valence-corrected chi connectivity index (χ0v) is 13.4. The van der Waals surface area contributed by atoms with E-state index in [0.717, 1.165) is 6.26 Å². The zero-order valence-electron chi connectivity index (χ0n) is 10.9. The molecule has 0 spiro atoms. The number of rotatable bonds is 4. The molecule has 1 rings (SSSR count). The van der Waals surface area contributed by atoms with Gasteiger partial charge in [-0.2, -0.15) is 0 Å². The highest BCUT2D eigenvalue weighted by molar-refractivity contribution is 7.92. The van der Waals surface area contributed by atoms with E-state index in [1.54, 1.807) is 26.0 Å². The minimum atomic E-state index is -3.26. The molecule has 1 aromatic carbocycles. The van der Waals surface area contributed by atoms with E-state index < -0.39 is 20.5 Å². The monoisotopic (exact) mass is 321 g/mol. The topological polar surface area (TPSA) is 63.2 Å². The van der Waals surface area contributed by atoms with Crippen LogP contribution in [0.1, 0.15) is 24.2 Å². The maximum absolute atomic E-state index is 12.0. The second-order valence-corrected chi connectivity index (χ2v) is 8.45. The maximum atomic E-state index is 12.0. The van der Waals surface area contributed by atoms with Gasteiger partial charge in [0.25, 0.3) is 5.91 Å². The van der Waals surface area contributed by atoms with Crippen LogP contribution in [0.3, 0.4) is 0 Å². The molecule has 19 heavy (non-hydrogen) atoms. The fourth-order valence-corrected chi connectivity index (χ4v) is 1.95. The van der Waals surface area contributed by atoms with Gasteiger partial charge < -0.3 is 5.32 Å². The summed E-state index contributed by atoms with van der Waals surface area (Å²) >= 11 is 10.1. The van der Waals surface area contributed by atoms with E-state index in [1.807, 2.05) is 0 Å². The van der Waals surface area contributed by atoms with Gasteiger partial charge in [0, 0.05) is 17.7 Å². The zero-order chi connectivity index (χ0) is 14.8. The van der Waals surface area contributed by atoms with Crippen molar-refractivity contribution in [1.29, 1.82) is 0 Å². The van der Waals surface area contributed by atoms with Crippen LogP contribution in [-0.4, -0.2) is 31.9 Å². The number of benzene rings is 1. The summed E-state index contributed by atoms with van der Waals surface area (Å²) in [5.41, 5.74) is 0.276.